The summed E-state index contributed by atoms with van der Waals surface area (Å²) in [5.74, 6) is 0.860. The highest BCUT2D eigenvalue weighted by Gasteiger charge is 2.27. The van der Waals surface area contributed by atoms with Crippen LogP contribution in [0.4, 0.5) is 0 Å². The van der Waals surface area contributed by atoms with Crippen LogP contribution < -0.4 is 4.74 Å². The molecule has 0 radical (unpaired) electrons. The number of imidazole rings is 1. The molecule has 184 valence electrons. The standard InChI is InChI=1S/C27H33N5O3/c1-21-7-2-5-12-32(21)26(33)19-29-13-15-30(16-14-29)27(34)22-8-6-9-24(17-22)35-20-23-18-31-11-4-3-10-25(31)28-23/h3-4,6,8-11,17-18,21H,2,5,7,12-16,19-20H2,1H3. The number of hydrogen-bond acceptors (Lipinski definition) is 5. The van der Waals surface area contributed by atoms with Crippen LogP contribution in [-0.2, 0) is 11.4 Å². The van der Waals surface area contributed by atoms with Gasteiger partial charge in [-0.1, -0.05) is 12.1 Å². The molecule has 2 saturated heterocycles. The molecule has 2 aromatic heterocycles. The van der Waals surface area contributed by atoms with E-state index in [0.717, 1.165) is 30.7 Å². The molecule has 4 heterocycles. The summed E-state index contributed by atoms with van der Waals surface area (Å²) in [4.78, 5) is 36.5. The Labute approximate surface area is 206 Å². The average Bonchev–Trinajstić information content (AvgIpc) is 3.31. The van der Waals surface area contributed by atoms with Crippen LogP contribution in [0.2, 0.25) is 0 Å². The number of amides is 2. The van der Waals surface area contributed by atoms with Crippen molar-refractivity contribution in [1.29, 1.82) is 0 Å². The second-order valence-corrected chi connectivity index (χ2v) is 9.52. The molecule has 3 aromatic rings. The van der Waals surface area contributed by atoms with Gasteiger partial charge >= 0.3 is 0 Å². The highest BCUT2D eigenvalue weighted by Crippen LogP contribution is 2.19. The maximum atomic E-state index is 13.1. The van der Waals surface area contributed by atoms with E-state index >= 15 is 0 Å². The van der Waals surface area contributed by atoms with Crippen LogP contribution in [0.15, 0.2) is 54.9 Å². The molecule has 8 heteroatoms. The third-order valence-corrected chi connectivity index (χ3v) is 7.02. The van der Waals surface area contributed by atoms with E-state index in [4.69, 9.17) is 4.74 Å². The summed E-state index contributed by atoms with van der Waals surface area (Å²) in [6.07, 6.45) is 7.30. The summed E-state index contributed by atoms with van der Waals surface area (Å²) in [6.45, 7) is 6.45. The summed E-state index contributed by atoms with van der Waals surface area (Å²) >= 11 is 0. The van der Waals surface area contributed by atoms with Gasteiger partial charge in [-0.3, -0.25) is 14.5 Å². The molecule has 0 bridgehead atoms. The summed E-state index contributed by atoms with van der Waals surface area (Å²) < 4.78 is 7.89. The maximum absolute atomic E-state index is 13.1. The molecule has 1 atom stereocenters. The zero-order valence-corrected chi connectivity index (χ0v) is 20.3. The summed E-state index contributed by atoms with van der Waals surface area (Å²) in [7, 11) is 0. The van der Waals surface area contributed by atoms with Gasteiger partial charge in [-0.05, 0) is 56.5 Å². The lowest BCUT2D eigenvalue weighted by atomic mass is 10.0. The number of rotatable bonds is 6. The smallest absolute Gasteiger partial charge is 0.254 e. The molecular weight excluding hydrogens is 442 g/mol. The Bertz CT molecular complexity index is 1150. The number of ether oxygens (including phenoxy) is 1. The minimum absolute atomic E-state index is 0.00110. The van der Waals surface area contributed by atoms with E-state index in [1.807, 2.05) is 63.0 Å². The van der Waals surface area contributed by atoms with Gasteiger partial charge in [0.2, 0.25) is 5.91 Å². The van der Waals surface area contributed by atoms with Gasteiger partial charge in [0.05, 0.1) is 12.2 Å². The molecular formula is C27H33N5O3. The number of carbonyl (C=O) groups is 2. The van der Waals surface area contributed by atoms with E-state index in [1.54, 1.807) is 6.07 Å². The number of benzene rings is 1. The third kappa shape index (κ3) is 5.48. The van der Waals surface area contributed by atoms with Gasteiger partial charge < -0.3 is 18.9 Å². The van der Waals surface area contributed by atoms with Crippen LogP contribution >= 0.6 is 0 Å². The molecule has 5 rings (SSSR count). The van der Waals surface area contributed by atoms with Crippen molar-refractivity contribution in [2.45, 2.75) is 38.8 Å². The third-order valence-electron chi connectivity index (χ3n) is 7.02. The van der Waals surface area contributed by atoms with Gasteiger partial charge in [0.25, 0.3) is 5.91 Å². The van der Waals surface area contributed by atoms with Gasteiger partial charge in [0, 0.05) is 56.7 Å². The number of pyridine rings is 1. The minimum atomic E-state index is -0.00110. The predicted octanol–water partition coefficient (Wildman–Crippen LogP) is 3.07. The van der Waals surface area contributed by atoms with Gasteiger partial charge in [-0.15, -0.1) is 0 Å². The van der Waals surface area contributed by atoms with E-state index in [0.29, 0.717) is 56.7 Å². The maximum Gasteiger partial charge on any atom is 0.254 e. The lowest BCUT2D eigenvalue weighted by molar-refractivity contribution is -0.136. The molecule has 1 unspecified atom stereocenters. The Morgan fingerprint density at radius 1 is 1.03 bits per heavy atom. The van der Waals surface area contributed by atoms with Gasteiger partial charge in [0.15, 0.2) is 0 Å². The van der Waals surface area contributed by atoms with Gasteiger partial charge in [-0.2, -0.15) is 0 Å². The first kappa shape index (κ1) is 23.4. The van der Waals surface area contributed by atoms with Crippen LogP contribution in [0.1, 0.15) is 42.2 Å². The highest BCUT2D eigenvalue weighted by atomic mass is 16.5. The van der Waals surface area contributed by atoms with E-state index in [1.165, 1.54) is 6.42 Å². The predicted molar refractivity (Wildman–Crippen MR) is 133 cm³/mol. The van der Waals surface area contributed by atoms with Crippen molar-refractivity contribution in [1.82, 2.24) is 24.1 Å². The molecule has 0 spiro atoms. The second-order valence-electron chi connectivity index (χ2n) is 9.52. The lowest BCUT2D eigenvalue weighted by Gasteiger charge is -2.38. The fraction of sp³-hybridized carbons (Fsp3) is 0.444. The fourth-order valence-corrected chi connectivity index (χ4v) is 4.98. The highest BCUT2D eigenvalue weighted by molar-refractivity contribution is 5.94. The van der Waals surface area contributed by atoms with Gasteiger partial charge in [-0.25, -0.2) is 4.98 Å². The molecule has 2 aliphatic heterocycles. The Kier molecular flexibility index (Phi) is 6.99. The zero-order chi connectivity index (χ0) is 24.2. The Hall–Kier alpha value is -3.39. The number of piperazine rings is 1. The molecule has 2 fully saturated rings. The van der Waals surface area contributed by atoms with Crippen LogP contribution in [0.25, 0.3) is 5.65 Å². The van der Waals surface area contributed by atoms with Gasteiger partial charge in [0.1, 0.15) is 18.0 Å². The average molecular weight is 476 g/mol. The van der Waals surface area contributed by atoms with Crippen molar-refractivity contribution < 1.29 is 14.3 Å². The van der Waals surface area contributed by atoms with E-state index in [-0.39, 0.29) is 11.8 Å². The number of aromatic nitrogens is 2. The minimum Gasteiger partial charge on any atom is -0.487 e. The normalized spacial score (nSPS) is 19.2. The Morgan fingerprint density at radius 2 is 1.89 bits per heavy atom. The van der Waals surface area contributed by atoms with Crippen LogP contribution in [0, 0.1) is 0 Å². The molecule has 2 aliphatic rings. The number of nitrogens with zero attached hydrogens (tertiary/aromatic N) is 5. The topological polar surface area (TPSA) is 70.4 Å². The van der Waals surface area contributed by atoms with Crippen molar-refractivity contribution in [2.24, 2.45) is 0 Å². The zero-order valence-electron chi connectivity index (χ0n) is 20.3. The van der Waals surface area contributed by atoms with Crippen molar-refractivity contribution in [3.05, 3.63) is 66.1 Å². The Balaban J connectivity index is 1.13. The fourth-order valence-electron chi connectivity index (χ4n) is 4.98. The molecule has 8 nitrogen and oxygen atoms in total. The van der Waals surface area contributed by atoms with Crippen LogP contribution in [0.5, 0.6) is 5.75 Å². The second kappa shape index (κ2) is 10.5. The van der Waals surface area contributed by atoms with E-state index in [9.17, 15) is 9.59 Å². The number of fused-ring (bicyclic) bond motifs is 1. The van der Waals surface area contributed by atoms with Crippen molar-refractivity contribution in [3.63, 3.8) is 0 Å². The number of hydrogen-bond donors (Lipinski definition) is 0. The SMILES string of the molecule is CC1CCCCN1C(=O)CN1CCN(C(=O)c2cccc(OCc3cn4ccccc4n3)c2)CC1. The van der Waals surface area contributed by atoms with Crippen LogP contribution in [-0.4, -0.2) is 81.2 Å². The number of carbonyl (C=O) groups excluding carboxylic acids is 2. The van der Waals surface area contributed by atoms with Crippen LogP contribution in [0.3, 0.4) is 0 Å². The van der Waals surface area contributed by atoms with Crippen molar-refractivity contribution in [3.8, 4) is 5.75 Å². The first-order valence-electron chi connectivity index (χ1n) is 12.5. The monoisotopic (exact) mass is 475 g/mol. The Morgan fingerprint density at radius 3 is 2.69 bits per heavy atom. The quantitative estimate of drug-likeness (QED) is 0.548. The largest absolute Gasteiger partial charge is 0.487 e. The molecule has 0 aliphatic carbocycles. The summed E-state index contributed by atoms with van der Waals surface area (Å²) in [6, 6.07) is 13.5. The van der Waals surface area contributed by atoms with E-state index < -0.39 is 0 Å². The van der Waals surface area contributed by atoms with Crippen molar-refractivity contribution in [2.75, 3.05) is 39.3 Å². The number of piperidine rings is 1. The first-order valence-corrected chi connectivity index (χ1v) is 12.5. The molecule has 0 saturated carbocycles. The van der Waals surface area contributed by atoms with E-state index in [2.05, 4.69) is 16.8 Å². The first-order chi connectivity index (χ1) is 17.1. The van der Waals surface area contributed by atoms with Crippen molar-refractivity contribution >= 4 is 17.5 Å². The molecule has 35 heavy (non-hydrogen) atoms. The molecule has 0 N–H and O–H groups in total. The number of likely N-dealkylation sites (tertiary alicyclic amines) is 1. The summed E-state index contributed by atoms with van der Waals surface area (Å²) in [5.41, 5.74) is 2.32. The summed E-state index contributed by atoms with van der Waals surface area (Å²) in [5, 5.41) is 0. The molecule has 2 amide bonds. The molecule has 1 aromatic carbocycles. The lowest BCUT2D eigenvalue weighted by Crippen LogP contribution is -2.53.